The van der Waals surface area contributed by atoms with Gasteiger partial charge in [-0.05, 0) is 13.0 Å². The van der Waals surface area contributed by atoms with Crippen LogP contribution in [0.3, 0.4) is 0 Å². The SMILES string of the molecule is OC[C@]1(F)CCNC1. The Bertz CT molecular complexity index is 80.5. The molecule has 1 fully saturated rings. The third-order valence-corrected chi connectivity index (χ3v) is 1.48. The van der Waals surface area contributed by atoms with Gasteiger partial charge in [0.2, 0.25) is 0 Å². The molecule has 1 saturated heterocycles. The molecule has 1 rings (SSSR count). The fourth-order valence-corrected chi connectivity index (χ4v) is 0.848. The predicted molar refractivity (Wildman–Crippen MR) is 28.4 cm³/mol. The minimum absolute atomic E-state index is 0.309. The van der Waals surface area contributed by atoms with E-state index in [1.54, 1.807) is 0 Å². The van der Waals surface area contributed by atoms with Gasteiger partial charge in [-0.1, -0.05) is 0 Å². The first-order valence-electron chi connectivity index (χ1n) is 2.77. The Labute approximate surface area is 47.7 Å². The van der Waals surface area contributed by atoms with Crippen LogP contribution in [0.5, 0.6) is 0 Å². The minimum Gasteiger partial charge on any atom is -0.393 e. The second-order valence-electron chi connectivity index (χ2n) is 2.24. The number of halogens is 1. The summed E-state index contributed by atoms with van der Waals surface area (Å²) in [6.45, 7) is 0.653. The van der Waals surface area contributed by atoms with E-state index < -0.39 is 5.67 Å². The fraction of sp³-hybridized carbons (Fsp3) is 1.00. The number of hydrogen-bond donors (Lipinski definition) is 2. The summed E-state index contributed by atoms with van der Waals surface area (Å²) in [6, 6.07) is 0. The number of alkyl halides is 1. The van der Waals surface area contributed by atoms with Crippen LogP contribution >= 0.6 is 0 Å². The number of hydrogen-bond acceptors (Lipinski definition) is 2. The monoisotopic (exact) mass is 119 g/mol. The highest BCUT2D eigenvalue weighted by molar-refractivity contribution is 4.87. The highest BCUT2D eigenvalue weighted by Gasteiger charge is 2.32. The van der Waals surface area contributed by atoms with E-state index in [0.29, 0.717) is 19.5 Å². The molecule has 8 heavy (non-hydrogen) atoms. The van der Waals surface area contributed by atoms with Gasteiger partial charge in [0.05, 0.1) is 6.61 Å². The van der Waals surface area contributed by atoms with Crippen molar-refractivity contribution in [1.29, 1.82) is 0 Å². The third kappa shape index (κ3) is 0.980. The summed E-state index contributed by atoms with van der Waals surface area (Å²) in [7, 11) is 0. The lowest BCUT2D eigenvalue weighted by atomic mass is 10.1. The molecule has 0 aliphatic carbocycles. The molecule has 2 nitrogen and oxygen atoms in total. The van der Waals surface area contributed by atoms with E-state index in [0.717, 1.165) is 0 Å². The minimum atomic E-state index is -1.32. The zero-order chi connectivity index (χ0) is 6.04. The number of aliphatic hydroxyl groups is 1. The van der Waals surface area contributed by atoms with Crippen LogP contribution in [0.25, 0.3) is 0 Å². The van der Waals surface area contributed by atoms with Crippen LogP contribution < -0.4 is 5.32 Å². The van der Waals surface area contributed by atoms with Crippen molar-refractivity contribution in [3.05, 3.63) is 0 Å². The van der Waals surface area contributed by atoms with Crippen LogP contribution in [0.2, 0.25) is 0 Å². The molecule has 0 saturated carbocycles. The van der Waals surface area contributed by atoms with Crippen LogP contribution in [-0.2, 0) is 0 Å². The van der Waals surface area contributed by atoms with Gasteiger partial charge in [0.1, 0.15) is 5.67 Å². The Morgan fingerprint density at radius 2 is 2.50 bits per heavy atom. The molecule has 0 bridgehead atoms. The zero-order valence-corrected chi connectivity index (χ0v) is 4.65. The summed E-state index contributed by atoms with van der Waals surface area (Å²) in [5, 5.41) is 11.2. The molecule has 1 aliphatic rings. The van der Waals surface area contributed by atoms with E-state index in [4.69, 9.17) is 5.11 Å². The Balaban J connectivity index is 2.40. The van der Waals surface area contributed by atoms with E-state index in [-0.39, 0.29) is 6.61 Å². The quantitative estimate of drug-likeness (QED) is 0.496. The molecule has 1 heterocycles. The normalized spacial score (nSPS) is 38.2. The van der Waals surface area contributed by atoms with Gasteiger partial charge in [-0.2, -0.15) is 0 Å². The Hall–Kier alpha value is -0.150. The molecule has 48 valence electrons. The molecule has 2 N–H and O–H groups in total. The summed E-state index contributed by atoms with van der Waals surface area (Å²) in [5.74, 6) is 0. The molecule has 1 atom stereocenters. The molecule has 0 aromatic heterocycles. The van der Waals surface area contributed by atoms with Gasteiger partial charge in [0.25, 0.3) is 0 Å². The molecular weight excluding hydrogens is 109 g/mol. The van der Waals surface area contributed by atoms with Gasteiger partial charge in [-0.3, -0.25) is 0 Å². The highest BCUT2D eigenvalue weighted by atomic mass is 19.1. The van der Waals surface area contributed by atoms with Crippen molar-refractivity contribution < 1.29 is 9.50 Å². The summed E-state index contributed by atoms with van der Waals surface area (Å²) in [4.78, 5) is 0. The maximum absolute atomic E-state index is 12.7. The molecule has 1 aliphatic heterocycles. The van der Waals surface area contributed by atoms with Crippen LogP contribution in [-0.4, -0.2) is 30.5 Å². The van der Waals surface area contributed by atoms with Crippen LogP contribution in [0.4, 0.5) is 4.39 Å². The zero-order valence-electron chi connectivity index (χ0n) is 4.65. The lowest BCUT2D eigenvalue weighted by molar-refractivity contribution is 0.0894. The molecular formula is C5H10FNO. The number of nitrogens with one attached hydrogen (secondary N) is 1. The van der Waals surface area contributed by atoms with E-state index in [2.05, 4.69) is 5.32 Å². The number of rotatable bonds is 1. The molecule has 0 aromatic rings. The van der Waals surface area contributed by atoms with E-state index in [9.17, 15) is 4.39 Å². The smallest absolute Gasteiger partial charge is 0.147 e. The molecule has 0 spiro atoms. The van der Waals surface area contributed by atoms with Crippen molar-refractivity contribution in [2.75, 3.05) is 19.7 Å². The van der Waals surface area contributed by atoms with Crippen LogP contribution in [0, 0.1) is 0 Å². The summed E-state index contributed by atoms with van der Waals surface area (Å²) < 4.78 is 12.7. The van der Waals surface area contributed by atoms with Crippen molar-refractivity contribution in [2.45, 2.75) is 12.1 Å². The van der Waals surface area contributed by atoms with Crippen LogP contribution in [0.1, 0.15) is 6.42 Å². The van der Waals surface area contributed by atoms with E-state index in [1.807, 2.05) is 0 Å². The average Bonchev–Trinajstić information content (AvgIpc) is 2.17. The predicted octanol–water partition coefficient (Wildman–Crippen LogP) is -0.320. The van der Waals surface area contributed by atoms with Crippen molar-refractivity contribution in [3.63, 3.8) is 0 Å². The summed E-state index contributed by atoms with van der Waals surface area (Å²) in [5.41, 5.74) is -1.32. The largest absolute Gasteiger partial charge is 0.393 e. The third-order valence-electron chi connectivity index (χ3n) is 1.48. The Morgan fingerprint density at radius 3 is 2.75 bits per heavy atom. The van der Waals surface area contributed by atoms with Gasteiger partial charge in [0.15, 0.2) is 0 Å². The second-order valence-corrected chi connectivity index (χ2v) is 2.24. The first-order chi connectivity index (χ1) is 3.77. The van der Waals surface area contributed by atoms with E-state index >= 15 is 0 Å². The van der Waals surface area contributed by atoms with Gasteiger partial charge in [0, 0.05) is 6.54 Å². The average molecular weight is 119 g/mol. The molecule has 0 radical (unpaired) electrons. The lowest BCUT2D eigenvalue weighted by Gasteiger charge is -2.12. The fourth-order valence-electron chi connectivity index (χ4n) is 0.848. The molecule has 0 unspecified atom stereocenters. The van der Waals surface area contributed by atoms with E-state index in [1.165, 1.54) is 0 Å². The topological polar surface area (TPSA) is 32.3 Å². The lowest BCUT2D eigenvalue weighted by Crippen LogP contribution is -2.29. The maximum Gasteiger partial charge on any atom is 0.147 e. The highest BCUT2D eigenvalue weighted by Crippen LogP contribution is 2.17. The van der Waals surface area contributed by atoms with Crippen molar-refractivity contribution >= 4 is 0 Å². The Morgan fingerprint density at radius 1 is 1.75 bits per heavy atom. The summed E-state index contributed by atoms with van der Waals surface area (Å²) in [6.07, 6.45) is 0.448. The van der Waals surface area contributed by atoms with Crippen molar-refractivity contribution in [2.24, 2.45) is 0 Å². The van der Waals surface area contributed by atoms with Gasteiger partial charge >= 0.3 is 0 Å². The van der Waals surface area contributed by atoms with Gasteiger partial charge in [-0.25, -0.2) is 4.39 Å². The Kier molecular flexibility index (Phi) is 1.49. The molecule has 3 heteroatoms. The van der Waals surface area contributed by atoms with Gasteiger partial charge in [-0.15, -0.1) is 0 Å². The molecule has 0 aromatic carbocycles. The first-order valence-corrected chi connectivity index (χ1v) is 2.77. The summed E-state index contributed by atoms with van der Waals surface area (Å²) >= 11 is 0. The van der Waals surface area contributed by atoms with Crippen LogP contribution in [0.15, 0.2) is 0 Å². The molecule has 0 amide bonds. The van der Waals surface area contributed by atoms with Crippen molar-refractivity contribution in [1.82, 2.24) is 5.32 Å². The van der Waals surface area contributed by atoms with Crippen molar-refractivity contribution in [3.8, 4) is 0 Å². The van der Waals surface area contributed by atoms with Gasteiger partial charge < -0.3 is 10.4 Å². The first kappa shape index (κ1) is 5.98. The standard InChI is InChI=1S/C5H10FNO/c6-5(4-8)1-2-7-3-5/h7-8H,1-4H2/t5-/m0/s1. The second kappa shape index (κ2) is 1.99. The maximum atomic E-state index is 12.7. The number of aliphatic hydroxyl groups excluding tert-OH is 1.